The van der Waals surface area contributed by atoms with Gasteiger partial charge >= 0.3 is 0 Å². The maximum atomic E-state index is 12.3. The number of carbonyl (C=O) groups excluding carboxylic acids is 2. The largest absolute Gasteiger partial charge is 0.348 e. The molecule has 1 aromatic carbocycles. The van der Waals surface area contributed by atoms with E-state index >= 15 is 0 Å². The zero-order valence-corrected chi connectivity index (χ0v) is 14.5. The number of aromatic nitrogens is 1. The average Bonchev–Trinajstić information content (AvgIpc) is 2.52. The normalized spacial score (nSPS) is 11.0. The number of hydrogen-bond donors (Lipinski definition) is 2. The van der Waals surface area contributed by atoms with E-state index in [0.717, 1.165) is 11.1 Å². The number of amides is 2. The molecule has 0 spiro atoms. The first-order chi connectivity index (χ1) is 11.3. The Bertz CT molecular complexity index is 748. The minimum absolute atomic E-state index is 0.247. The molecule has 2 aromatic rings. The van der Waals surface area contributed by atoms with Crippen LogP contribution in [-0.4, -0.2) is 22.3 Å². The third-order valence-corrected chi connectivity index (χ3v) is 3.45. The summed E-state index contributed by atoms with van der Waals surface area (Å²) in [6.07, 6.45) is 2.92. The smallest absolute Gasteiger partial charge is 0.253 e. The van der Waals surface area contributed by atoms with E-state index in [1.54, 1.807) is 6.07 Å². The summed E-state index contributed by atoms with van der Waals surface area (Å²) in [5.41, 5.74) is 2.56. The molecule has 0 bridgehead atoms. The van der Waals surface area contributed by atoms with Crippen LogP contribution in [0.15, 0.2) is 42.7 Å². The number of rotatable bonds is 4. The summed E-state index contributed by atoms with van der Waals surface area (Å²) in [6, 6.07) is 9.43. The summed E-state index contributed by atoms with van der Waals surface area (Å²) in [6.45, 7) is 8.13. The number of nitrogens with one attached hydrogen (secondary N) is 2. The second-order valence-corrected chi connectivity index (χ2v) is 6.78. The van der Waals surface area contributed by atoms with Crippen molar-refractivity contribution in [3.05, 3.63) is 65.0 Å². The van der Waals surface area contributed by atoms with Crippen molar-refractivity contribution in [2.24, 2.45) is 0 Å². The van der Waals surface area contributed by atoms with Gasteiger partial charge < -0.3 is 10.6 Å². The SMILES string of the molecule is Cc1ccccc1CNC(=O)c1cncc(C(=O)NC(C)(C)C)c1. The molecule has 5 nitrogen and oxygen atoms in total. The van der Waals surface area contributed by atoms with Gasteiger partial charge in [-0.15, -0.1) is 0 Å². The van der Waals surface area contributed by atoms with E-state index in [4.69, 9.17) is 0 Å². The van der Waals surface area contributed by atoms with Crippen LogP contribution in [0.25, 0.3) is 0 Å². The molecule has 1 heterocycles. The molecule has 0 saturated carbocycles. The molecule has 0 aliphatic rings. The lowest BCUT2D eigenvalue weighted by atomic mass is 10.1. The number of nitrogens with zero attached hydrogens (tertiary/aromatic N) is 1. The van der Waals surface area contributed by atoms with E-state index in [1.807, 2.05) is 52.0 Å². The van der Waals surface area contributed by atoms with Crippen molar-refractivity contribution >= 4 is 11.8 Å². The van der Waals surface area contributed by atoms with E-state index in [0.29, 0.717) is 17.7 Å². The van der Waals surface area contributed by atoms with Gasteiger partial charge in [0.15, 0.2) is 0 Å². The lowest BCUT2D eigenvalue weighted by Crippen LogP contribution is -2.40. The number of hydrogen-bond acceptors (Lipinski definition) is 3. The molecule has 2 rings (SSSR count). The van der Waals surface area contributed by atoms with Crippen LogP contribution in [0.2, 0.25) is 0 Å². The van der Waals surface area contributed by atoms with Gasteiger partial charge in [-0.25, -0.2) is 0 Å². The Morgan fingerprint density at radius 3 is 2.29 bits per heavy atom. The van der Waals surface area contributed by atoms with Crippen LogP contribution in [-0.2, 0) is 6.54 Å². The fraction of sp³-hybridized carbons (Fsp3) is 0.316. The van der Waals surface area contributed by atoms with Crippen LogP contribution in [0.3, 0.4) is 0 Å². The van der Waals surface area contributed by atoms with Gasteiger partial charge in [-0.2, -0.15) is 0 Å². The minimum Gasteiger partial charge on any atom is -0.348 e. The minimum atomic E-state index is -0.347. The lowest BCUT2D eigenvalue weighted by molar-refractivity contribution is 0.0919. The molecule has 0 atom stereocenters. The highest BCUT2D eigenvalue weighted by molar-refractivity contribution is 5.99. The summed E-state index contributed by atoms with van der Waals surface area (Å²) in [5, 5.41) is 5.72. The van der Waals surface area contributed by atoms with Crippen molar-refractivity contribution in [3.63, 3.8) is 0 Å². The van der Waals surface area contributed by atoms with E-state index in [9.17, 15) is 9.59 Å². The summed E-state index contributed by atoms with van der Waals surface area (Å²) >= 11 is 0. The Hall–Kier alpha value is -2.69. The predicted octanol–water partition coefficient (Wildman–Crippen LogP) is 2.85. The molecule has 0 saturated heterocycles. The molecule has 2 N–H and O–H groups in total. The Balaban J connectivity index is 2.06. The third-order valence-electron chi connectivity index (χ3n) is 3.45. The standard InChI is InChI=1S/C19H23N3O2/c1-13-7-5-6-8-14(13)12-21-17(23)15-9-16(11-20-10-15)18(24)22-19(2,3)4/h5-11H,12H2,1-4H3,(H,21,23)(H,22,24). The van der Waals surface area contributed by atoms with Gasteiger partial charge in [-0.1, -0.05) is 24.3 Å². The molecular formula is C19H23N3O2. The van der Waals surface area contributed by atoms with Crippen LogP contribution in [0.5, 0.6) is 0 Å². The number of aryl methyl sites for hydroxylation is 1. The van der Waals surface area contributed by atoms with E-state index < -0.39 is 0 Å². The molecule has 2 amide bonds. The van der Waals surface area contributed by atoms with E-state index in [1.165, 1.54) is 12.4 Å². The topological polar surface area (TPSA) is 71.1 Å². The van der Waals surface area contributed by atoms with Gasteiger partial charge in [-0.05, 0) is 44.9 Å². The number of pyridine rings is 1. The zero-order chi connectivity index (χ0) is 17.7. The Morgan fingerprint density at radius 2 is 1.67 bits per heavy atom. The molecule has 0 aliphatic heterocycles. The first-order valence-electron chi connectivity index (χ1n) is 7.86. The average molecular weight is 325 g/mol. The highest BCUT2D eigenvalue weighted by Gasteiger charge is 2.17. The molecule has 0 radical (unpaired) electrons. The van der Waals surface area contributed by atoms with Crippen molar-refractivity contribution in [2.45, 2.75) is 39.8 Å². The van der Waals surface area contributed by atoms with Crippen LogP contribution in [0.4, 0.5) is 0 Å². The second kappa shape index (κ2) is 7.25. The first kappa shape index (κ1) is 17.7. The van der Waals surface area contributed by atoms with Gasteiger partial charge in [-0.3, -0.25) is 14.6 Å². The highest BCUT2D eigenvalue weighted by atomic mass is 16.2. The van der Waals surface area contributed by atoms with E-state index in [2.05, 4.69) is 15.6 Å². The molecule has 1 aromatic heterocycles. The Labute approximate surface area is 142 Å². The van der Waals surface area contributed by atoms with Gasteiger partial charge in [0.1, 0.15) is 0 Å². The van der Waals surface area contributed by atoms with Gasteiger partial charge in [0, 0.05) is 24.5 Å². The molecule has 5 heteroatoms. The molecule has 126 valence electrons. The van der Waals surface area contributed by atoms with Gasteiger partial charge in [0.05, 0.1) is 11.1 Å². The molecule has 0 unspecified atom stereocenters. The second-order valence-electron chi connectivity index (χ2n) is 6.78. The third kappa shape index (κ3) is 4.91. The molecule has 24 heavy (non-hydrogen) atoms. The quantitative estimate of drug-likeness (QED) is 0.908. The zero-order valence-electron chi connectivity index (χ0n) is 14.5. The van der Waals surface area contributed by atoms with Gasteiger partial charge in [0.2, 0.25) is 0 Å². The van der Waals surface area contributed by atoms with Crippen molar-refractivity contribution in [1.29, 1.82) is 0 Å². The fourth-order valence-electron chi connectivity index (χ4n) is 2.19. The van der Waals surface area contributed by atoms with Crippen molar-refractivity contribution in [2.75, 3.05) is 0 Å². The first-order valence-corrected chi connectivity index (χ1v) is 7.86. The van der Waals surface area contributed by atoms with Crippen molar-refractivity contribution < 1.29 is 9.59 Å². The molecule has 0 aliphatic carbocycles. The summed E-state index contributed by atoms with van der Waals surface area (Å²) in [7, 11) is 0. The van der Waals surface area contributed by atoms with Gasteiger partial charge in [0.25, 0.3) is 11.8 Å². The molecular weight excluding hydrogens is 302 g/mol. The monoisotopic (exact) mass is 325 g/mol. The van der Waals surface area contributed by atoms with Crippen molar-refractivity contribution in [3.8, 4) is 0 Å². The predicted molar refractivity (Wildman–Crippen MR) is 93.8 cm³/mol. The summed E-state index contributed by atoms with van der Waals surface area (Å²) in [5.74, 6) is -0.500. The lowest BCUT2D eigenvalue weighted by Gasteiger charge is -2.20. The highest BCUT2D eigenvalue weighted by Crippen LogP contribution is 2.09. The van der Waals surface area contributed by atoms with Crippen LogP contribution >= 0.6 is 0 Å². The van der Waals surface area contributed by atoms with Crippen LogP contribution in [0, 0.1) is 6.92 Å². The maximum absolute atomic E-state index is 12.3. The van der Waals surface area contributed by atoms with Crippen LogP contribution in [0.1, 0.15) is 52.6 Å². The maximum Gasteiger partial charge on any atom is 0.253 e. The number of benzene rings is 1. The summed E-state index contributed by atoms with van der Waals surface area (Å²) in [4.78, 5) is 28.5. The Morgan fingerprint density at radius 1 is 1.04 bits per heavy atom. The molecule has 0 fully saturated rings. The number of carbonyl (C=O) groups is 2. The van der Waals surface area contributed by atoms with Crippen molar-refractivity contribution in [1.82, 2.24) is 15.6 Å². The Kier molecular flexibility index (Phi) is 5.34. The van der Waals surface area contributed by atoms with E-state index in [-0.39, 0.29) is 17.4 Å². The van der Waals surface area contributed by atoms with Crippen LogP contribution < -0.4 is 10.6 Å². The summed E-state index contributed by atoms with van der Waals surface area (Å²) < 4.78 is 0. The fourth-order valence-corrected chi connectivity index (χ4v) is 2.19.